The van der Waals surface area contributed by atoms with Crippen molar-refractivity contribution in [3.8, 4) is 0 Å². The predicted octanol–water partition coefficient (Wildman–Crippen LogP) is 1.84. The number of anilines is 1. The van der Waals surface area contributed by atoms with Gasteiger partial charge in [-0.1, -0.05) is 19.1 Å². The van der Waals surface area contributed by atoms with Crippen molar-refractivity contribution in [3.63, 3.8) is 0 Å². The molecule has 3 rings (SSSR count). The fraction of sp³-hybridized carbons (Fsp3) is 0.524. The van der Waals surface area contributed by atoms with Crippen LogP contribution < -0.4 is 16.0 Å². The Hall–Kier alpha value is -2.94. The van der Waals surface area contributed by atoms with Crippen molar-refractivity contribution in [2.75, 3.05) is 19.5 Å². The molecular formula is C21H31N7O2. The van der Waals surface area contributed by atoms with E-state index >= 15 is 0 Å². The summed E-state index contributed by atoms with van der Waals surface area (Å²) in [6.45, 7) is 3.81. The molecule has 1 amide bonds. The number of nitrogens with zero attached hydrogens (tertiary/aromatic N) is 4. The van der Waals surface area contributed by atoms with Crippen LogP contribution in [0.5, 0.6) is 0 Å². The summed E-state index contributed by atoms with van der Waals surface area (Å²) in [5, 5.41) is 14.2. The summed E-state index contributed by atoms with van der Waals surface area (Å²) >= 11 is 0. The van der Waals surface area contributed by atoms with E-state index in [2.05, 4.69) is 31.0 Å². The predicted molar refractivity (Wildman–Crippen MR) is 116 cm³/mol. The SMILES string of the molecule is CCCC(=O)Nc1ccc(CNC(=NC)NC2CCc3nc(COC)nn3C2)cc1. The first-order chi connectivity index (χ1) is 14.6. The number of carbonyl (C=O) groups excluding carboxylic acids is 1. The quantitative estimate of drug-likeness (QED) is 0.451. The van der Waals surface area contributed by atoms with Crippen molar-refractivity contribution in [2.24, 2.45) is 4.99 Å². The number of ether oxygens (including phenoxy) is 1. The van der Waals surface area contributed by atoms with Crippen molar-refractivity contribution in [1.29, 1.82) is 0 Å². The normalized spacial score (nSPS) is 16.1. The number of carbonyl (C=O) groups is 1. The molecule has 30 heavy (non-hydrogen) atoms. The van der Waals surface area contributed by atoms with Crippen molar-refractivity contribution < 1.29 is 9.53 Å². The topological polar surface area (TPSA) is 105 Å². The number of amides is 1. The number of nitrogens with one attached hydrogen (secondary N) is 3. The van der Waals surface area contributed by atoms with Crippen LogP contribution in [0.4, 0.5) is 5.69 Å². The van der Waals surface area contributed by atoms with Gasteiger partial charge in [-0.3, -0.25) is 9.79 Å². The molecule has 9 heteroatoms. The maximum atomic E-state index is 11.7. The number of aromatic nitrogens is 3. The van der Waals surface area contributed by atoms with E-state index in [0.29, 0.717) is 19.6 Å². The van der Waals surface area contributed by atoms with E-state index in [0.717, 1.165) is 54.7 Å². The average molecular weight is 414 g/mol. The summed E-state index contributed by atoms with van der Waals surface area (Å²) in [6, 6.07) is 8.08. The standard InChI is InChI=1S/C21H31N7O2/c1-4-5-20(29)24-16-8-6-15(7-9-16)12-23-21(22-2)25-17-10-11-19-26-18(14-30-3)27-28(19)13-17/h6-9,17H,4-5,10-14H2,1-3H3,(H,24,29)(H2,22,23,25). The van der Waals surface area contributed by atoms with Gasteiger partial charge in [-0.2, -0.15) is 5.10 Å². The number of hydrogen-bond acceptors (Lipinski definition) is 5. The molecule has 1 aromatic carbocycles. The molecule has 1 aliphatic rings. The number of aliphatic imine (C=N–C) groups is 1. The number of benzene rings is 1. The molecule has 3 N–H and O–H groups in total. The van der Waals surface area contributed by atoms with Crippen molar-refractivity contribution in [1.82, 2.24) is 25.4 Å². The molecule has 0 radical (unpaired) electrons. The first-order valence-corrected chi connectivity index (χ1v) is 10.4. The summed E-state index contributed by atoms with van der Waals surface area (Å²) in [5.74, 6) is 2.53. The van der Waals surface area contributed by atoms with Gasteiger partial charge in [-0.25, -0.2) is 9.67 Å². The van der Waals surface area contributed by atoms with Gasteiger partial charge in [-0.15, -0.1) is 0 Å². The van der Waals surface area contributed by atoms with E-state index in [1.807, 2.05) is 35.9 Å². The Balaban J connectivity index is 1.48. The van der Waals surface area contributed by atoms with Gasteiger partial charge in [0.25, 0.3) is 0 Å². The molecule has 1 atom stereocenters. The first-order valence-electron chi connectivity index (χ1n) is 10.4. The lowest BCUT2D eigenvalue weighted by molar-refractivity contribution is -0.116. The van der Waals surface area contributed by atoms with Gasteiger partial charge in [0.2, 0.25) is 5.91 Å². The van der Waals surface area contributed by atoms with Gasteiger partial charge in [0, 0.05) is 45.3 Å². The third-order valence-electron chi connectivity index (χ3n) is 4.91. The molecule has 2 heterocycles. The van der Waals surface area contributed by atoms with E-state index < -0.39 is 0 Å². The molecular weight excluding hydrogens is 382 g/mol. The Morgan fingerprint density at radius 1 is 1.33 bits per heavy atom. The second kappa shape index (κ2) is 10.7. The van der Waals surface area contributed by atoms with Crippen molar-refractivity contribution >= 4 is 17.6 Å². The Labute approximate surface area is 177 Å². The zero-order valence-corrected chi connectivity index (χ0v) is 17.9. The second-order valence-corrected chi connectivity index (χ2v) is 7.36. The Morgan fingerprint density at radius 2 is 2.13 bits per heavy atom. The van der Waals surface area contributed by atoms with E-state index in [4.69, 9.17) is 4.74 Å². The number of rotatable bonds is 8. The van der Waals surface area contributed by atoms with Gasteiger partial charge >= 0.3 is 0 Å². The molecule has 1 aromatic heterocycles. The van der Waals surface area contributed by atoms with Gasteiger partial charge in [0.1, 0.15) is 12.4 Å². The van der Waals surface area contributed by atoms with Crippen LogP contribution in [0.15, 0.2) is 29.3 Å². The molecule has 1 aliphatic heterocycles. The molecule has 0 saturated heterocycles. The molecule has 1 unspecified atom stereocenters. The third kappa shape index (κ3) is 6.03. The molecule has 162 valence electrons. The fourth-order valence-electron chi connectivity index (χ4n) is 3.40. The first kappa shape index (κ1) is 21.8. The largest absolute Gasteiger partial charge is 0.377 e. The van der Waals surface area contributed by atoms with Crippen molar-refractivity contribution in [3.05, 3.63) is 41.5 Å². The zero-order valence-electron chi connectivity index (χ0n) is 17.9. The number of aryl methyl sites for hydroxylation is 1. The lowest BCUT2D eigenvalue weighted by Gasteiger charge is -2.25. The molecule has 0 fully saturated rings. The Bertz CT molecular complexity index is 861. The number of guanidine groups is 1. The van der Waals surface area contributed by atoms with E-state index in [9.17, 15) is 4.79 Å². The number of methoxy groups -OCH3 is 1. The van der Waals surface area contributed by atoms with Crippen LogP contribution in [-0.2, 0) is 35.6 Å². The average Bonchev–Trinajstić information content (AvgIpc) is 3.14. The lowest BCUT2D eigenvalue weighted by Crippen LogP contribution is -2.46. The third-order valence-corrected chi connectivity index (χ3v) is 4.91. The highest BCUT2D eigenvalue weighted by Gasteiger charge is 2.22. The Morgan fingerprint density at radius 3 is 2.83 bits per heavy atom. The summed E-state index contributed by atoms with van der Waals surface area (Å²) in [7, 11) is 3.41. The van der Waals surface area contributed by atoms with Crippen LogP contribution >= 0.6 is 0 Å². The Kier molecular flexibility index (Phi) is 7.78. The molecule has 0 bridgehead atoms. The monoisotopic (exact) mass is 413 g/mol. The van der Waals surface area contributed by atoms with Crippen LogP contribution in [0.3, 0.4) is 0 Å². The van der Waals surface area contributed by atoms with Crippen LogP contribution in [0.1, 0.15) is 43.4 Å². The minimum Gasteiger partial charge on any atom is -0.377 e. The molecule has 9 nitrogen and oxygen atoms in total. The highest BCUT2D eigenvalue weighted by Crippen LogP contribution is 2.14. The van der Waals surface area contributed by atoms with Gasteiger partial charge < -0.3 is 20.7 Å². The van der Waals surface area contributed by atoms with Gasteiger partial charge in [0.05, 0.1) is 6.54 Å². The number of fused-ring (bicyclic) bond motifs is 1. The van der Waals surface area contributed by atoms with E-state index in [-0.39, 0.29) is 11.9 Å². The summed E-state index contributed by atoms with van der Waals surface area (Å²) in [4.78, 5) is 20.5. The van der Waals surface area contributed by atoms with Crippen LogP contribution in [0.2, 0.25) is 0 Å². The highest BCUT2D eigenvalue weighted by atomic mass is 16.5. The van der Waals surface area contributed by atoms with E-state index in [1.54, 1.807) is 14.2 Å². The fourth-order valence-corrected chi connectivity index (χ4v) is 3.40. The van der Waals surface area contributed by atoms with Crippen LogP contribution in [0.25, 0.3) is 0 Å². The maximum Gasteiger partial charge on any atom is 0.224 e. The summed E-state index contributed by atoms with van der Waals surface area (Å²) in [5.41, 5.74) is 1.93. The molecule has 2 aromatic rings. The van der Waals surface area contributed by atoms with Crippen molar-refractivity contribution in [2.45, 2.75) is 58.3 Å². The molecule has 0 aliphatic carbocycles. The minimum absolute atomic E-state index is 0.0466. The van der Waals surface area contributed by atoms with Crippen LogP contribution in [0, 0.1) is 0 Å². The van der Waals surface area contributed by atoms with E-state index in [1.165, 1.54) is 0 Å². The second-order valence-electron chi connectivity index (χ2n) is 7.36. The summed E-state index contributed by atoms with van der Waals surface area (Å²) in [6.07, 6.45) is 3.22. The lowest BCUT2D eigenvalue weighted by atomic mass is 10.1. The zero-order chi connectivity index (χ0) is 21.3. The van der Waals surface area contributed by atoms with Crippen LogP contribution in [-0.4, -0.2) is 46.8 Å². The van der Waals surface area contributed by atoms with Gasteiger partial charge in [-0.05, 0) is 30.5 Å². The maximum absolute atomic E-state index is 11.7. The molecule has 0 spiro atoms. The van der Waals surface area contributed by atoms with Gasteiger partial charge in [0.15, 0.2) is 11.8 Å². The smallest absolute Gasteiger partial charge is 0.224 e. The highest BCUT2D eigenvalue weighted by molar-refractivity contribution is 5.90. The number of hydrogen-bond donors (Lipinski definition) is 3. The minimum atomic E-state index is 0.0466. The molecule has 0 saturated carbocycles. The summed E-state index contributed by atoms with van der Waals surface area (Å²) < 4.78 is 7.07.